The summed E-state index contributed by atoms with van der Waals surface area (Å²) in [5.41, 5.74) is 0. The van der Waals surface area contributed by atoms with Crippen molar-refractivity contribution in [1.82, 2.24) is 10.2 Å². The van der Waals surface area contributed by atoms with Crippen molar-refractivity contribution in [1.29, 1.82) is 0 Å². The maximum absolute atomic E-state index is 11.8. The average molecular weight is 228 g/mol. The van der Waals surface area contributed by atoms with Crippen molar-refractivity contribution >= 4 is 6.03 Å². The van der Waals surface area contributed by atoms with Crippen molar-refractivity contribution in [3.05, 3.63) is 0 Å². The summed E-state index contributed by atoms with van der Waals surface area (Å²) in [7, 11) is 1.74. The molecule has 1 rings (SSSR count). The van der Waals surface area contributed by atoms with Crippen LogP contribution in [0.2, 0.25) is 0 Å². The van der Waals surface area contributed by atoms with Gasteiger partial charge in [0.05, 0.1) is 6.10 Å². The van der Waals surface area contributed by atoms with Gasteiger partial charge in [-0.05, 0) is 31.6 Å². The van der Waals surface area contributed by atoms with Crippen molar-refractivity contribution < 1.29 is 9.90 Å². The van der Waals surface area contributed by atoms with Crippen LogP contribution in [0.1, 0.15) is 39.5 Å². The number of urea groups is 1. The third kappa shape index (κ3) is 4.00. The average Bonchev–Trinajstić information content (AvgIpc) is 3.08. The molecule has 4 heteroatoms. The molecule has 0 aromatic rings. The highest BCUT2D eigenvalue weighted by Gasteiger charge is 2.31. The molecule has 2 N–H and O–H groups in total. The van der Waals surface area contributed by atoms with E-state index in [0.717, 1.165) is 25.7 Å². The molecule has 16 heavy (non-hydrogen) atoms. The molecule has 0 aromatic heterocycles. The minimum absolute atomic E-state index is 0.0756. The van der Waals surface area contributed by atoms with Crippen LogP contribution < -0.4 is 5.32 Å². The second-order valence-corrected chi connectivity index (χ2v) is 4.75. The number of hydrogen-bond acceptors (Lipinski definition) is 2. The predicted octanol–water partition coefficient (Wildman–Crippen LogP) is 1.59. The van der Waals surface area contributed by atoms with Gasteiger partial charge >= 0.3 is 6.03 Å². The first-order valence-corrected chi connectivity index (χ1v) is 6.28. The van der Waals surface area contributed by atoms with E-state index in [4.69, 9.17) is 0 Å². The summed E-state index contributed by atoms with van der Waals surface area (Å²) in [5, 5.41) is 12.7. The van der Waals surface area contributed by atoms with Crippen molar-refractivity contribution in [2.24, 2.45) is 5.92 Å². The van der Waals surface area contributed by atoms with Crippen LogP contribution in [0.5, 0.6) is 0 Å². The first-order valence-electron chi connectivity index (χ1n) is 6.28. The molecule has 0 saturated heterocycles. The minimum atomic E-state index is -0.350. The molecule has 1 saturated carbocycles. The first-order chi connectivity index (χ1) is 7.58. The van der Waals surface area contributed by atoms with E-state index in [0.29, 0.717) is 12.5 Å². The van der Waals surface area contributed by atoms with E-state index in [1.54, 1.807) is 11.9 Å². The highest BCUT2D eigenvalue weighted by Crippen LogP contribution is 2.32. The number of likely N-dealkylation sites (N-methyl/N-ethyl adjacent to an activating group) is 1. The third-order valence-corrected chi connectivity index (χ3v) is 3.29. The molecule has 1 fully saturated rings. The minimum Gasteiger partial charge on any atom is -0.391 e. The maximum Gasteiger partial charge on any atom is 0.317 e. The van der Waals surface area contributed by atoms with Crippen LogP contribution in [0.4, 0.5) is 4.79 Å². The van der Waals surface area contributed by atoms with Crippen LogP contribution in [0.3, 0.4) is 0 Å². The lowest BCUT2D eigenvalue weighted by molar-refractivity contribution is 0.112. The molecule has 1 atom stereocenters. The van der Waals surface area contributed by atoms with Crippen molar-refractivity contribution in [2.45, 2.75) is 51.7 Å². The van der Waals surface area contributed by atoms with Gasteiger partial charge in [-0.3, -0.25) is 0 Å². The number of hydrogen-bond donors (Lipinski definition) is 2. The molecule has 1 aliphatic carbocycles. The van der Waals surface area contributed by atoms with E-state index in [1.165, 1.54) is 0 Å². The molecule has 0 aromatic carbocycles. The second kappa shape index (κ2) is 6.09. The van der Waals surface area contributed by atoms with E-state index in [2.05, 4.69) is 19.2 Å². The lowest BCUT2D eigenvalue weighted by Gasteiger charge is -2.24. The van der Waals surface area contributed by atoms with E-state index in [1.807, 2.05) is 0 Å². The molecule has 2 amide bonds. The molecule has 0 spiro atoms. The fraction of sp³-hybridized carbons (Fsp3) is 0.917. The van der Waals surface area contributed by atoms with Crippen LogP contribution in [-0.4, -0.2) is 41.8 Å². The number of nitrogens with zero attached hydrogens (tertiary/aromatic N) is 1. The Balaban J connectivity index is 2.28. The SMILES string of the molecule is CCC(CC)NC(=O)N(C)CC(O)C1CC1. The summed E-state index contributed by atoms with van der Waals surface area (Å²) in [6.45, 7) is 4.57. The number of nitrogens with one attached hydrogen (secondary N) is 1. The summed E-state index contributed by atoms with van der Waals surface area (Å²) in [6, 6.07) is 0.168. The molecule has 1 unspecified atom stereocenters. The van der Waals surface area contributed by atoms with Crippen LogP contribution in [0.25, 0.3) is 0 Å². The van der Waals surface area contributed by atoms with E-state index < -0.39 is 0 Å². The summed E-state index contributed by atoms with van der Waals surface area (Å²) in [5.74, 6) is 0.420. The monoisotopic (exact) mass is 228 g/mol. The Morgan fingerprint density at radius 3 is 2.44 bits per heavy atom. The van der Waals surface area contributed by atoms with Gasteiger partial charge in [-0.15, -0.1) is 0 Å². The highest BCUT2D eigenvalue weighted by atomic mass is 16.3. The van der Waals surface area contributed by atoms with Crippen LogP contribution >= 0.6 is 0 Å². The van der Waals surface area contributed by atoms with Gasteiger partial charge in [0.1, 0.15) is 0 Å². The number of aliphatic hydroxyl groups is 1. The Bertz CT molecular complexity index is 225. The standard InChI is InChI=1S/C12H24N2O2/c1-4-10(5-2)13-12(16)14(3)8-11(15)9-6-7-9/h9-11,15H,4-8H2,1-3H3,(H,13,16). The highest BCUT2D eigenvalue weighted by molar-refractivity contribution is 5.74. The van der Waals surface area contributed by atoms with Crippen molar-refractivity contribution in [2.75, 3.05) is 13.6 Å². The zero-order chi connectivity index (χ0) is 12.1. The van der Waals surface area contributed by atoms with Gasteiger partial charge in [-0.2, -0.15) is 0 Å². The Kier molecular flexibility index (Phi) is 5.06. The molecule has 4 nitrogen and oxygen atoms in total. The smallest absolute Gasteiger partial charge is 0.317 e. The quantitative estimate of drug-likeness (QED) is 0.725. The molecular weight excluding hydrogens is 204 g/mol. The van der Waals surface area contributed by atoms with Gasteiger partial charge in [0, 0.05) is 19.6 Å². The van der Waals surface area contributed by atoms with E-state index in [9.17, 15) is 9.90 Å². The van der Waals surface area contributed by atoms with Crippen molar-refractivity contribution in [3.63, 3.8) is 0 Å². The predicted molar refractivity (Wildman–Crippen MR) is 64.3 cm³/mol. The van der Waals surface area contributed by atoms with Crippen molar-refractivity contribution in [3.8, 4) is 0 Å². The lowest BCUT2D eigenvalue weighted by Crippen LogP contribution is -2.45. The Hall–Kier alpha value is -0.770. The van der Waals surface area contributed by atoms with Gasteiger partial charge in [-0.25, -0.2) is 4.79 Å². The topological polar surface area (TPSA) is 52.6 Å². The van der Waals surface area contributed by atoms with Gasteiger partial charge in [0.25, 0.3) is 0 Å². The fourth-order valence-electron chi connectivity index (χ4n) is 1.77. The van der Waals surface area contributed by atoms with Gasteiger partial charge < -0.3 is 15.3 Å². The summed E-state index contributed by atoms with van der Waals surface area (Å²) in [6.07, 6.45) is 3.74. The Morgan fingerprint density at radius 1 is 1.44 bits per heavy atom. The van der Waals surface area contributed by atoms with E-state index >= 15 is 0 Å². The number of carbonyl (C=O) groups excluding carboxylic acids is 1. The van der Waals surface area contributed by atoms with Gasteiger partial charge in [0.2, 0.25) is 0 Å². The van der Waals surface area contributed by atoms with Crippen LogP contribution in [-0.2, 0) is 0 Å². The normalized spacial score (nSPS) is 17.3. The molecule has 0 aliphatic heterocycles. The third-order valence-electron chi connectivity index (χ3n) is 3.29. The van der Waals surface area contributed by atoms with E-state index in [-0.39, 0.29) is 18.2 Å². The Labute approximate surface area is 98.0 Å². The first kappa shape index (κ1) is 13.3. The fourth-order valence-corrected chi connectivity index (χ4v) is 1.77. The molecule has 0 radical (unpaired) electrons. The molecular formula is C12H24N2O2. The Morgan fingerprint density at radius 2 is 2.00 bits per heavy atom. The number of rotatable bonds is 6. The van der Waals surface area contributed by atoms with Crippen LogP contribution in [0, 0.1) is 5.92 Å². The molecule has 1 aliphatic rings. The molecule has 0 heterocycles. The largest absolute Gasteiger partial charge is 0.391 e. The number of aliphatic hydroxyl groups excluding tert-OH is 1. The zero-order valence-electron chi connectivity index (χ0n) is 10.6. The second-order valence-electron chi connectivity index (χ2n) is 4.75. The lowest BCUT2D eigenvalue weighted by atomic mass is 10.2. The number of carbonyl (C=O) groups is 1. The van der Waals surface area contributed by atoms with Gasteiger partial charge in [0.15, 0.2) is 0 Å². The summed E-state index contributed by atoms with van der Waals surface area (Å²) < 4.78 is 0. The number of amides is 2. The van der Waals surface area contributed by atoms with Crippen LogP contribution in [0.15, 0.2) is 0 Å². The zero-order valence-corrected chi connectivity index (χ0v) is 10.6. The summed E-state index contributed by atoms with van der Waals surface area (Å²) in [4.78, 5) is 13.3. The summed E-state index contributed by atoms with van der Waals surface area (Å²) >= 11 is 0. The maximum atomic E-state index is 11.8. The van der Waals surface area contributed by atoms with Gasteiger partial charge in [-0.1, -0.05) is 13.8 Å². The molecule has 0 bridgehead atoms. The molecule has 94 valence electrons.